The largest absolute Gasteiger partial charge is 0.313 e. The van der Waals surface area contributed by atoms with Crippen molar-refractivity contribution in [3.63, 3.8) is 0 Å². The van der Waals surface area contributed by atoms with E-state index in [0.29, 0.717) is 0 Å². The maximum Gasteiger partial charge on any atom is 0.0558 e. The van der Waals surface area contributed by atoms with Crippen LogP contribution in [0.3, 0.4) is 0 Å². The summed E-state index contributed by atoms with van der Waals surface area (Å²) in [6, 6.07) is 72.7. The van der Waals surface area contributed by atoms with Crippen LogP contribution in [0, 0.1) is 0 Å². The first-order valence-corrected chi connectivity index (χ1v) is 22.5. The van der Waals surface area contributed by atoms with Crippen LogP contribution in [0.15, 0.2) is 224 Å². The number of anilines is 6. The Morgan fingerprint density at radius 1 is 0.359 bits per heavy atom. The van der Waals surface area contributed by atoms with Crippen LogP contribution in [0.25, 0.3) is 61.3 Å². The number of allylic oxidation sites excluding steroid dienone is 5. The number of rotatable bonds is 9. The molecule has 2 aliphatic rings. The molecule has 0 spiro atoms. The minimum absolute atomic E-state index is 1.05. The van der Waals surface area contributed by atoms with E-state index in [1.807, 2.05) is 0 Å². The number of hydrogen-bond donors (Lipinski definition) is 0. The van der Waals surface area contributed by atoms with Crippen molar-refractivity contribution >= 4 is 78.6 Å². The van der Waals surface area contributed by atoms with E-state index in [1.165, 1.54) is 60.8 Å². The summed E-state index contributed by atoms with van der Waals surface area (Å²) in [4.78, 5) is 4.75. The number of aromatic nitrogens is 2. The third-order valence-electron chi connectivity index (χ3n) is 13.0. The molecule has 0 saturated carbocycles. The molecule has 0 bridgehead atoms. The molecule has 64 heavy (non-hydrogen) atoms. The van der Waals surface area contributed by atoms with E-state index >= 15 is 0 Å². The van der Waals surface area contributed by atoms with Crippen LogP contribution in [0.5, 0.6) is 0 Å². The van der Waals surface area contributed by atoms with Gasteiger partial charge in [-0.05, 0) is 140 Å². The van der Waals surface area contributed by atoms with Gasteiger partial charge in [0, 0.05) is 72.9 Å². The van der Waals surface area contributed by atoms with Gasteiger partial charge in [-0.25, -0.2) is 0 Å². The number of fused-ring (bicyclic) bond motifs is 6. The Morgan fingerprint density at radius 3 is 1.56 bits per heavy atom. The molecule has 306 valence electrons. The highest BCUT2D eigenvalue weighted by molar-refractivity contribution is 6.10. The molecule has 0 radical (unpaired) electrons. The van der Waals surface area contributed by atoms with Crippen LogP contribution in [-0.2, 0) is 6.42 Å². The molecule has 0 amide bonds. The number of hydrogen-bond acceptors (Lipinski definition) is 2. The van der Waals surface area contributed by atoms with Crippen molar-refractivity contribution in [2.24, 2.45) is 0 Å². The van der Waals surface area contributed by atoms with Gasteiger partial charge >= 0.3 is 0 Å². The van der Waals surface area contributed by atoms with Gasteiger partial charge in [-0.3, -0.25) is 0 Å². The van der Waals surface area contributed by atoms with Gasteiger partial charge in [0.2, 0.25) is 0 Å². The minimum Gasteiger partial charge on any atom is -0.313 e. The lowest BCUT2D eigenvalue weighted by Crippen LogP contribution is -2.10. The van der Waals surface area contributed by atoms with Gasteiger partial charge in [-0.2, -0.15) is 0 Å². The summed E-state index contributed by atoms with van der Waals surface area (Å²) in [6.45, 7) is 0. The highest BCUT2D eigenvalue weighted by atomic mass is 15.2. The quantitative estimate of drug-likeness (QED) is 0.144. The Bertz CT molecular complexity index is 3410. The SMILES string of the molecule is C1=CC(n2c3c(c4ccc(N(c5ccccc5)c5ccc(-c6ccc(N(c7ccccc7)c7ccc8c(c7)c7ccccc7n8-c7ccccc7)cc6)cc5)cc42)C=CCC3)=CCC1. The maximum absolute atomic E-state index is 2.52. The third kappa shape index (κ3) is 6.54. The molecule has 2 aliphatic carbocycles. The lowest BCUT2D eigenvalue weighted by molar-refractivity contribution is 0.892. The molecule has 0 fully saturated rings. The van der Waals surface area contributed by atoms with E-state index in [0.717, 1.165) is 65.5 Å². The second kappa shape index (κ2) is 16.0. The topological polar surface area (TPSA) is 16.3 Å². The summed E-state index contributed by atoms with van der Waals surface area (Å²) in [7, 11) is 0. The van der Waals surface area contributed by atoms with E-state index in [9.17, 15) is 0 Å². The van der Waals surface area contributed by atoms with Crippen LogP contribution >= 0.6 is 0 Å². The molecule has 2 heterocycles. The second-order valence-electron chi connectivity index (χ2n) is 16.8. The fraction of sp³-hybridized carbons (Fsp3) is 0.0667. The summed E-state index contributed by atoms with van der Waals surface area (Å²) < 4.78 is 4.89. The van der Waals surface area contributed by atoms with Crippen LogP contribution < -0.4 is 9.80 Å². The van der Waals surface area contributed by atoms with Crippen molar-refractivity contribution in [2.75, 3.05) is 9.80 Å². The molecule has 0 N–H and O–H groups in total. The summed E-state index contributed by atoms with van der Waals surface area (Å²) in [5.74, 6) is 0. The van der Waals surface area contributed by atoms with E-state index in [1.54, 1.807) is 0 Å². The number of benzene rings is 8. The molecule has 4 nitrogen and oxygen atoms in total. The normalized spacial score (nSPS) is 13.3. The fourth-order valence-electron chi connectivity index (χ4n) is 10.0. The van der Waals surface area contributed by atoms with Gasteiger partial charge in [0.25, 0.3) is 0 Å². The fourth-order valence-corrected chi connectivity index (χ4v) is 10.0. The van der Waals surface area contributed by atoms with Gasteiger partial charge in [0.15, 0.2) is 0 Å². The van der Waals surface area contributed by atoms with E-state index in [-0.39, 0.29) is 0 Å². The van der Waals surface area contributed by atoms with Crippen LogP contribution in [0.4, 0.5) is 34.1 Å². The van der Waals surface area contributed by atoms with E-state index in [4.69, 9.17) is 0 Å². The Hall–Kier alpha value is -8.08. The van der Waals surface area contributed by atoms with Crippen molar-refractivity contribution < 1.29 is 0 Å². The molecule has 0 unspecified atom stereocenters. The molecular weight excluding hydrogens is 777 g/mol. The minimum atomic E-state index is 1.05. The average Bonchev–Trinajstić information content (AvgIpc) is 3.88. The lowest BCUT2D eigenvalue weighted by Gasteiger charge is -2.26. The lowest BCUT2D eigenvalue weighted by atomic mass is 10.0. The summed E-state index contributed by atoms with van der Waals surface area (Å²) >= 11 is 0. The van der Waals surface area contributed by atoms with Gasteiger partial charge < -0.3 is 18.9 Å². The zero-order valence-electron chi connectivity index (χ0n) is 35.6. The monoisotopic (exact) mass is 822 g/mol. The molecule has 10 aromatic rings. The second-order valence-corrected chi connectivity index (χ2v) is 16.8. The van der Waals surface area contributed by atoms with Crippen molar-refractivity contribution in [1.29, 1.82) is 0 Å². The van der Waals surface area contributed by atoms with Gasteiger partial charge in [-0.1, -0.05) is 127 Å². The van der Waals surface area contributed by atoms with Crippen LogP contribution in [0.2, 0.25) is 0 Å². The standard InChI is InChI=1S/C60H46N4/c1-5-17-45(18-6-1)61(51-38-40-59-56(41-51)54-26-14-16-28-58(54)63(59)47-21-9-3-10-22-47)49-33-29-43(30-34-49)44-31-35-50(36-32-44)62(46-19-7-2-8-20-46)52-37-39-55-53-25-13-15-27-57(53)64(60(55)42-52)48-23-11-4-12-24-48/h1-3,5-11,13-14,16-26,28-42H,4,12,15,27H2. The molecule has 0 atom stereocenters. The molecule has 0 aliphatic heterocycles. The van der Waals surface area contributed by atoms with Crippen molar-refractivity contribution in [2.45, 2.75) is 25.7 Å². The zero-order chi connectivity index (χ0) is 42.4. The predicted octanol–water partition coefficient (Wildman–Crippen LogP) is 16.5. The average molecular weight is 823 g/mol. The predicted molar refractivity (Wildman–Crippen MR) is 271 cm³/mol. The Balaban J connectivity index is 0.901. The summed E-state index contributed by atoms with van der Waals surface area (Å²) in [5, 5.41) is 3.77. The van der Waals surface area contributed by atoms with Gasteiger partial charge in [0.1, 0.15) is 0 Å². The summed E-state index contributed by atoms with van der Waals surface area (Å²) in [6.07, 6.45) is 16.0. The van der Waals surface area contributed by atoms with Crippen molar-refractivity contribution in [3.8, 4) is 16.8 Å². The molecule has 12 rings (SSSR count). The smallest absolute Gasteiger partial charge is 0.0558 e. The third-order valence-corrected chi connectivity index (χ3v) is 13.0. The van der Waals surface area contributed by atoms with Gasteiger partial charge in [-0.15, -0.1) is 0 Å². The zero-order valence-corrected chi connectivity index (χ0v) is 35.6. The molecule has 8 aromatic carbocycles. The summed E-state index contributed by atoms with van der Waals surface area (Å²) in [5.41, 5.74) is 17.9. The number of nitrogens with zero attached hydrogens (tertiary/aromatic N) is 4. The molecule has 0 saturated heterocycles. The molecule has 2 aromatic heterocycles. The maximum atomic E-state index is 2.52. The molecular formula is C60H46N4. The first-order valence-electron chi connectivity index (χ1n) is 22.5. The molecule has 4 heteroatoms. The van der Waals surface area contributed by atoms with Gasteiger partial charge in [0.05, 0.1) is 16.6 Å². The van der Waals surface area contributed by atoms with Crippen molar-refractivity contribution in [3.05, 3.63) is 236 Å². The van der Waals surface area contributed by atoms with Crippen LogP contribution in [-0.4, -0.2) is 9.13 Å². The number of para-hydroxylation sites is 4. The van der Waals surface area contributed by atoms with Crippen molar-refractivity contribution in [1.82, 2.24) is 9.13 Å². The van der Waals surface area contributed by atoms with E-state index < -0.39 is 0 Å². The van der Waals surface area contributed by atoms with E-state index in [2.05, 4.69) is 250 Å². The van der Waals surface area contributed by atoms with Crippen LogP contribution in [0.1, 0.15) is 30.5 Å². The first-order chi connectivity index (χ1) is 31.8. The highest BCUT2D eigenvalue weighted by Gasteiger charge is 2.22. The highest BCUT2D eigenvalue weighted by Crippen LogP contribution is 2.43. The first kappa shape index (κ1) is 37.7. The Labute approximate surface area is 374 Å². The Kier molecular flexibility index (Phi) is 9.41. The Morgan fingerprint density at radius 2 is 0.906 bits per heavy atom.